The molecule has 0 atom stereocenters. The Hall–Kier alpha value is -2.60. The summed E-state index contributed by atoms with van der Waals surface area (Å²) >= 11 is 5.87. The maximum absolute atomic E-state index is 12.4. The van der Waals surface area contributed by atoms with E-state index in [1.165, 1.54) is 0 Å². The number of hydrogen-bond acceptors (Lipinski definition) is 4. The summed E-state index contributed by atoms with van der Waals surface area (Å²) in [4.78, 5) is 16.9. The van der Waals surface area contributed by atoms with Crippen LogP contribution in [0.2, 0.25) is 5.02 Å². The van der Waals surface area contributed by atoms with Crippen LogP contribution in [0.15, 0.2) is 34.9 Å². The van der Waals surface area contributed by atoms with Crippen molar-refractivity contribution >= 4 is 23.2 Å². The van der Waals surface area contributed by atoms with Gasteiger partial charge in [0.2, 0.25) is 5.91 Å². The van der Waals surface area contributed by atoms with E-state index in [4.69, 9.17) is 16.1 Å². The largest absolute Gasteiger partial charge is 0.339 e. The molecule has 0 unspecified atom stereocenters. The fourth-order valence-electron chi connectivity index (χ4n) is 2.99. The molecule has 0 aliphatic heterocycles. The second kappa shape index (κ2) is 6.61. The van der Waals surface area contributed by atoms with Gasteiger partial charge in [-0.1, -0.05) is 16.8 Å². The van der Waals surface area contributed by atoms with Crippen molar-refractivity contribution in [3.05, 3.63) is 52.6 Å². The Morgan fingerprint density at radius 2 is 2.04 bits per heavy atom. The number of nitrogens with zero attached hydrogens (tertiary/aromatic N) is 3. The van der Waals surface area contributed by atoms with Crippen molar-refractivity contribution in [1.29, 1.82) is 0 Å². The van der Waals surface area contributed by atoms with Gasteiger partial charge in [0.05, 0.1) is 5.56 Å². The standard InChI is InChI=1S/C19H19ClN4O2/c1-11-9-16(19-22-18(23-26-19)13-3-4-13)12(2)24(11)10-17(25)21-15-7-5-14(20)6-8-15/h5-9,13H,3-4,10H2,1-2H3,(H,21,25). The molecule has 1 amide bonds. The first-order valence-corrected chi connectivity index (χ1v) is 8.95. The van der Waals surface area contributed by atoms with E-state index in [-0.39, 0.29) is 12.5 Å². The highest BCUT2D eigenvalue weighted by molar-refractivity contribution is 6.30. The third-order valence-electron chi connectivity index (χ3n) is 4.62. The van der Waals surface area contributed by atoms with Gasteiger partial charge in [0, 0.05) is 28.0 Å². The molecule has 1 aliphatic carbocycles. The highest BCUT2D eigenvalue weighted by atomic mass is 35.5. The van der Waals surface area contributed by atoms with Gasteiger partial charge >= 0.3 is 0 Å². The number of aromatic nitrogens is 3. The molecule has 1 aromatic carbocycles. The summed E-state index contributed by atoms with van der Waals surface area (Å²) in [6, 6.07) is 9.02. The van der Waals surface area contributed by atoms with Crippen LogP contribution in [0.25, 0.3) is 11.5 Å². The Morgan fingerprint density at radius 1 is 1.31 bits per heavy atom. The minimum absolute atomic E-state index is 0.107. The summed E-state index contributed by atoms with van der Waals surface area (Å²) in [6.07, 6.45) is 2.26. The van der Waals surface area contributed by atoms with Gasteiger partial charge < -0.3 is 14.4 Å². The number of benzene rings is 1. The molecule has 0 spiro atoms. The molecule has 1 N–H and O–H groups in total. The summed E-state index contributed by atoms with van der Waals surface area (Å²) < 4.78 is 7.37. The van der Waals surface area contributed by atoms with Gasteiger partial charge in [0.1, 0.15) is 6.54 Å². The van der Waals surface area contributed by atoms with E-state index in [9.17, 15) is 4.79 Å². The summed E-state index contributed by atoms with van der Waals surface area (Å²) in [5.41, 5.74) is 3.49. The van der Waals surface area contributed by atoms with Crippen LogP contribution in [0, 0.1) is 13.8 Å². The number of halogens is 1. The van der Waals surface area contributed by atoms with Crippen LogP contribution in [0.4, 0.5) is 5.69 Å². The van der Waals surface area contributed by atoms with Gasteiger partial charge in [-0.2, -0.15) is 4.98 Å². The highest BCUT2D eigenvalue weighted by Crippen LogP contribution is 2.39. The Bertz CT molecular complexity index is 955. The zero-order valence-corrected chi connectivity index (χ0v) is 15.4. The zero-order valence-electron chi connectivity index (χ0n) is 14.6. The molecule has 26 heavy (non-hydrogen) atoms. The van der Waals surface area contributed by atoms with Gasteiger partial charge in [-0.25, -0.2) is 0 Å². The maximum atomic E-state index is 12.4. The molecule has 2 heterocycles. The maximum Gasteiger partial charge on any atom is 0.259 e. The Labute approximate surface area is 156 Å². The van der Waals surface area contributed by atoms with E-state index in [1.54, 1.807) is 24.3 Å². The zero-order chi connectivity index (χ0) is 18.3. The lowest BCUT2D eigenvalue weighted by molar-refractivity contribution is -0.116. The lowest BCUT2D eigenvalue weighted by Crippen LogP contribution is -2.20. The van der Waals surface area contributed by atoms with Gasteiger partial charge in [0.25, 0.3) is 5.89 Å². The first kappa shape index (κ1) is 16.8. The average Bonchev–Trinajstić information content (AvgIpc) is 3.29. The molecule has 0 radical (unpaired) electrons. The van der Waals surface area contributed by atoms with E-state index in [2.05, 4.69) is 15.5 Å². The molecular formula is C19H19ClN4O2. The predicted octanol–water partition coefficient (Wildman–Crippen LogP) is 4.32. The molecular weight excluding hydrogens is 352 g/mol. The van der Waals surface area contributed by atoms with Gasteiger partial charge in [-0.3, -0.25) is 4.79 Å². The van der Waals surface area contributed by atoms with Crippen molar-refractivity contribution in [2.45, 2.75) is 39.2 Å². The smallest absolute Gasteiger partial charge is 0.259 e. The first-order chi connectivity index (χ1) is 12.5. The quantitative estimate of drug-likeness (QED) is 0.725. The normalized spacial score (nSPS) is 13.8. The fourth-order valence-corrected chi connectivity index (χ4v) is 3.12. The molecule has 134 valence electrons. The van der Waals surface area contributed by atoms with Crippen molar-refractivity contribution in [3.8, 4) is 11.5 Å². The van der Waals surface area contributed by atoms with E-state index < -0.39 is 0 Å². The lowest BCUT2D eigenvalue weighted by Gasteiger charge is -2.10. The lowest BCUT2D eigenvalue weighted by atomic mass is 10.2. The van der Waals surface area contributed by atoms with Crippen LogP contribution >= 0.6 is 11.6 Å². The number of nitrogens with one attached hydrogen (secondary N) is 1. The number of carbonyl (C=O) groups excluding carboxylic acids is 1. The topological polar surface area (TPSA) is 73.0 Å². The Balaban J connectivity index is 1.52. The van der Waals surface area contributed by atoms with Crippen molar-refractivity contribution in [2.75, 3.05) is 5.32 Å². The molecule has 0 bridgehead atoms. The Kier molecular flexibility index (Phi) is 4.28. The molecule has 1 aliphatic rings. The van der Waals surface area contributed by atoms with Gasteiger partial charge in [-0.15, -0.1) is 0 Å². The second-order valence-electron chi connectivity index (χ2n) is 6.66. The summed E-state index contributed by atoms with van der Waals surface area (Å²) in [6.45, 7) is 4.13. The van der Waals surface area contributed by atoms with E-state index in [0.717, 1.165) is 35.6 Å². The predicted molar refractivity (Wildman–Crippen MR) is 99.3 cm³/mol. The van der Waals surface area contributed by atoms with Gasteiger partial charge in [-0.05, 0) is 57.0 Å². The minimum Gasteiger partial charge on any atom is -0.339 e. The number of carbonyl (C=O) groups is 1. The summed E-state index contributed by atoms with van der Waals surface area (Å²) in [5.74, 6) is 1.64. The molecule has 1 saturated carbocycles. The first-order valence-electron chi connectivity index (χ1n) is 8.57. The van der Waals surface area contributed by atoms with E-state index in [1.807, 2.05) is 24.5 Å². The summed E-state index contributed by atoms with van der Waals surface area (Å²) in [7, 11) is 0. The highest BCUT2D eigenvalue weighted by Gasteiger charge is 2.29. The van der Waals surface area contributed by atoms with Crippen molar-refractivity contribution in [2.24, 2.45) is 0 Å². The molecule has 3 aromatic rings. The third kappa shape index (κ3) is 3.37. The van der Waals surface area contributed by atoms with Crippen LogP contribution in [0.1, 0.15) is 36.0 Å². The fraction of sp³-hybridized carbons (Fsp3) is 0.316. The number of aryl methyl sites for hydroxylation is 1. The number of rotatable bonds is 5. The van der Waals surface area contributed by atoms with Crippen molar-refractivity contribution in [3.63, 3.8) is 0 Å². The molecule has 1 fully saturated rings. The number of hydrogen-bond donors (Lipinski definition) is 1. The molecule has 0 saturated heterocycles. The average molecular weight is 371 g/mol. The minimum atomic E-state index is -0.107. The van der Waals surface area contributed by atoms with Crippen LogP contribution in [-0.2, 0) is 11.3 Å². The second-order valence-corrected chi connectivity index (χ2v) is 7.09. The Morgan fingerprint density at radius 3 is 2.73 bits per heavy atom. The molecule has 7 heteroatoms. The number of anilines is 1. The van der Waals surface area contributed by atoms with Crippen molar-refractivity contribution < 1.29 is 9.32 Å². The number of amides is 1. The van der Waals surface area contributed by atoms with E-state index in [0.29, 0.717) is 22.5 Å². The van der Waals surface area contributed by atoms with E-state index >= 15 is 0 Å². The van der Waals surface area contributed by atoms with Crippen LogP contribution in [0.5, 0.6) is 0 Å². The molecule has 6 nitrogen and oxygen atoms in total. The van der Waals surface area contributed by atoms with Gasteiger partial charge in [0.15, 0.2) is 5.82 Å². The van der Waals surface area contributed by atoms with Crippen LogP contribution in [-0.4, -0.2) is 20.6 Å². The summed E-state index contributed by atoms with van der Waals surface area (Å²) in [5, 5.41) is 7.59. The van der Waals surface area contributed by atoms with Crippen molar-refractivity contribution in [1.82, 2.24) is 14.7 Å². The third-order valence-corrected chi connectivity index (χ3v) is 4.87. The van der Waals surface area contributed by atoms with Crippen LogP contribution < -0.4 is 5.32 Å². The monoisotopic (exact) mass is 370 g/mol. The van der Waals surface area contributed by atoms with Crippen LogP contribution in [0.3, 0.4) is 0 Å². The molecule has 2 aromatic heterocycles. The molecule has 4 rings (SSSR count). The SMILES string of the molecule is Cc1cc(-c2nc(C3CC3)no2)c(C)n1CC(=O)Nc1ccc(Cl)cc1.